The molecule has 0 amide bonds. The standard InChI is InChI=1S/C12H28N2/c1-6-11(4)12(5)13-9-10-14(7-2)8-3/h11-13H,6-10H2,1-5H3/t11-,12+/m1/s1. The first-order valence-corrected chi connectivity index (χ1v) is 6.11. The second-order valence-electron chi connectivity index (χ2n) is 4.16. The van der Waals surface area contributed by atoms with Crippen LogP contribution in [0.4, 0.5) is 0 Å². The fourth-order valence-electron chi connectivity index (χ4n) is 1.54. The maximum Gasteiger partial charge on any atom is 0.0107 e. The Kier molecular flexibility index (Phi) is 8.20. The van der Waals surface area contributed by atoms with Gasteiger partial charge >= 0.3 is 0 Å². The Hall–Kier alpha value is -0.0800. The van der Waals surface area contributed by atoms with Gasteiger partial charge < -0.3 is 10.2 Å². The molecular formula is C12H28N2. The van der Waals surface area contributed by atoms with Crippen LogP contribution in [0.5, 0.6) is 0 Å². The van der Waals surface area contributed by atoms with E-state index in [1.54, 1.807) is 0 Å². The Morgan fingerprint density at radius 1 is 1.07 bits per heavy atom. The number of nitrogens with one attached hydrogen (secondary N) is 1. The summed E-state index contributed by atoms with van der Waals surface area (Å²) in [5.41, 5.74) is 0. The topological polar surface area (TPSA) is 15.3 Å². The van der Waals surface area contributed by atoms with Gasteiger partial charge in [0.25, 0.3) is 0 Å². The summed E-state index contributed by atoms with van der Waals surface area (Å²) in [6, 6.07) is 0.649. The maximum absolute atomic E-state index is 3.59. The smallest absolute Gasteiger partial charge is 0.0107 e. The molecule has 0 aromatic carbocycles. The molecule has 0 rings (SSSR count). The Balaban J connectivity index is 3.52. The Bertz CT molecular complexity index is 121. The van der Waals surface area contributed by atoms with Gasteiger partial charge in [-0.2, -0.15) is 0 Å². The van der Waals surface area contributed by atoms with E-state index in [-0.39, 0.29) is 0 Å². The van der Waals surface area contributed by atoms with E-state index in [0.717, 1.165) is 25.6 Å². The highest BCUT2D eigenvalue weighted by Gasteiger charge is 2.08. The first-order valence-electron chi connectivity index (χ1n) is 6.11. The minimum Gasteiger partial charge on any atom is -0.313 e. The van der Waals surface area contributed by atoms with Gasteiger partial charge in [0.05, 0.1) is 0 Å². The normalized spacial score (nSPS) is 15.9. The van der Waals surface area contributed by atoms with Gasteiger partial charge in [-0.25, -0.2) is 0 Å². The summed E-state index contributed by atoms with van der Waals surface area (Å²) in [4.78, 5) is 2.45. The molecule has 1 N–H and O–H groups in total. The lowest BCUT2D eigenvalue weighted by atomic mass is 10.0. The average Bonchev–Trinajstić information content (AvgIpc) is 2.22. The molecule has 0 aliphatic rings. The van der Waals surface area contributed by atoms with Gasteiger partial charge in [0.2, 0.25) is 0 Å². The number of rotatable bonds is 8. The molecule has 86 valence electrons. The molecule has 2 nitrogen and oxygen atoms in total. The van der Waals surface area contributed by atoms with Gasteiger partial charge in [-0.1, -0.05) is 34.1 Å². The van der Waals surface area contributed by atoms with Crippen LogP contribution < -0.4 is 5.32 Å². The Morgan fingerprint density at radius 2 is 1.64 bits per heavy atom. The van der Waals surface area contributed by atoms with Crippen molar-refractivity contribution < 1.29 is 0 Å². The summed E-state index contributed by atoms with van der Waals surface area (Å²) in [6.45, 7) is 15.9. The van der Waals surface area contributed by atoms with Crippen molar-refractivity contribution in [3.05, 3.63) is 0 Å². The quantitative estimate of drug-likeness (QED) is 0.647. The van der Waals surface area contributed by atoms with E-state index < -0.39 is 0 Å². The largest absolute Gasteiger partial charge is 0.313 e. The number of nitrogens with zero attached hydrogens (tertiary/aromatic N) is 1. The molecule has 0 heterocycles. The molecule has 0 saturated carbocycles. The molecule has 0 radical (unpaired) electrons. The predicted octanol–water partition coefficient (Wildman–Crippen LogP) is 2.35. The van der Waals surface area contributed by atoms with Crippen LogP contribution in [0.1, 0.15) is 41.0 Å². The predicted molar refractivity (Wildman–Crippen MR) is 64.7 cm³/mol. The molecule has 0 aromatic rings. The highest BCUT2D eigenvalue weighted by molar-refractivity contribution is 4.67. The molecule has 0 aromatic heterocycles. The molecule has 2 heteroatoms. The zero-order valence-electron chi connectivity index (χ0n) is 10.6. The Morgan fingerprint density at radius 3 is 2.07 bits per heavy atom. The summed E-state index contributed by atoms with van der Waals surface area (Å²) >= 11 is 0. The number of hydrogen-bond donors (Lipinski definition) is 1. The van der Waals surface area contributed by atoms with Crippen LogP contribution >= 0.6 is 0 Å². The lowest BCUT2D eigenvalue weighted by molar-refractivity contribution is 0.286. The lowest BCUT2D eigenvalue weighted by Gasteiger charge is -2.23. The number of likely N-dealkylation sites (N-methyl/N-ethyl adjacent to an activating group) is 1. The Labute approximate surface area is 90.1 Å². The van der Waals surface area contributed by atoms with Crippen LogP contribution in [0.25, 0.3) is 0 Å². The zero-order chi connectivity index (χ0) is 11.0. The fourth-order valence-corrected chi connectivity index (χ4v) is 1.54. The van der Waals surface area contributed by atoms with Crippen molar-refractivity contribution in [3.63, 3.8) is 0 Å². The third-order valence-corrected chi connectivity index (χ3v) is 3.29. The van der Waals surface area contributed by atoms with Crippen LogP contribution in [0.2, 0.25) is 0 Å². The monoisotopic (exact) mass is 200 g/mol. The summed E-state index contributed by atoms with van der Waals surface area (Å²) in [5.74, 6) is 0.784. The number of hydrogen-bond acceptors (Lipinski definition) is 2. The summed E-state index contributed by atoms with van der Waals surface area (Å²) in [6.07, 6.45) is 1.26. The highest BCUT2D eigenvalue weighted by Crippen LogP contribution is 2.05. The summed E-state index contributed by atoms with van der Waals surface area (Å²) < 4.78 is 0. The van der Waals surface area contributed by atoms with E-state index in [1.165, 1.54) is 13.0 Å². The molecule has 0 saturated heterocycles. The lowest BCUT2D eigenvalue weighted by Crippen LogP contribution is -2.38. The van der Waals surface area contributed by atoms with Crippen molar-refractivity contribution in [1.29, 1.82) is 0 Å². The van der Waals surface area contributed by atoms with E-state index in [2.05, 4.69) is 44.8 Å². The first kappa shape index (κ1) is 13.9. The van der Waals surface area contributed by atoms with Crippen molar-refractivity contribution in [2.45, 2.75) is 47.1 Å². The van der Waals surface area contributed by atoms with Gasteiger partial charge in [0.1, 0.15) is 0 Å². The van der Waals surface area contributed by atoms with E-state index in [0.29, 0.717) is 6.04 Å². The van der Waals surface area contributed by atoms with Crippen LogP contribution in [0, 0.1) is 5.92 Å². The van der Waals surface area contributed by atoms with Crippen molar-refractivity contribution >= 4 is 0 Å². The van der Waals surface area contributed by atoms with Crippen LogP contribution in [-0.4, -0.2) is 37.1 Å². The maximum atomic E-state index is 3.59. The van der Waals surface area contributed by atoms with Crippen molar-refractivity contribution in [2.24, 2.45) is 5.92 Å². The molecule has 0 spiro atoms. The highest BCUT2D eigenvalue weighted by atomic mass is 15.1. The van der Waals surface area contributed by atoms with E-state index in [9.17, 15) is 0 Å². The second kappa shape index (κ2) is 8.25. The minimum absolute atomic E-state index is 0.649. The summed E-state index contributed by atoms with van der Waals surface area (Å²) in [7, 11) is 0. The zero-order valence-corrected chi connectivity index (χ0v) is 10.6. The molecule has 0 aliphatic heterocycles. The van der Waals surface area contributed by atoms with E-state index in [4.69, 9.17) is 0 Å². The molecule has 14 heavy (non-hydrogen) atoms. The molecule has 0 aliphatic carbocycles. The van der Waals surface area contributed by atoms with E-state index in [1.807, 2.05) is 0 Å². The molecule has 0 bridgehead atoms. The second-order valence-corrected chi connectivity index (χ2v) is 4.16. The van der Waals surface area contributed by atoms with Crippen molar-refractivity contribution in [3.8, 4) is 0 Å². The van der Waals surface area contributed by atoms with Gasteiger partial charge in [-0.15, -0.1) is 0 Å². The van der Waals surface area contributed by atoms with Crippen LogP contribution in [0.3, 0.4) is 0 Å². The van der Waals surface area contributed by atoms with Gasteiger partial charge in [-0.3, -0.25) is 0 Å². The van der Waals surface area contributed by atoms with Gasteiger partial charge in [-0.05, 0) is 25.9 Å². The molecule has 2 atom stereocenters. The van der Waals surface area contributed by atoms with Crippen LogP contribution in [0.15, 0.2) is 0 Å². The van der Waals surface area contributed by atoms with E-state index >= 15 is 0 Å². The van der Waals surface area contributed by atoms with Crippen molar-refractivity contribution in [2.75, 3.05) is 26.2 Å². The van der Waals surface area contributed by atoms with Gasteiger partial charge in [0, 0.05) is 19.1 Å². The average molecular weight is 200 g/mol. The molecular weight excluding hydrogens is 172 g/mol. The first-order chi connectivity index (χ1) is 6.65. The summed E-state index contributed by atoms with van der Waals surface area (Å²) in [5, 5.41) is 3.59. The van der Waals surface area contributed by atoms with Crippen LogP contribution in [-0.2, 0) is 0 Å². The fraction of sp³-hybridized carbons (Fsp3) is 1.00. The SMILES string of the molecule is CC[C@@H](C)[C@H](C)NCCN(CC)CC. The minimum atomic E-state index is 0.649. The van der Waals surface area contributed by atoms with Crippen molar-refractivity contribution in [1.82, 2.24) is 10.2 Å². The third kappa shape index (κ3) is 5.61. The molecule has 0 fully saturated rings. The third-order valence-electron chi connectivity index (χ3n) is 3.29. The van der Waals surface area contributed by atoms with Gasteiger partial charge in [0.15, 0.2) is 0 Å². The molecule has 0 unspecified atom stereocenters.